The van der Waals surface area contributed by atoms with E-state index in [4.69, 9.17) is 4.74 Å². The zero-order chi connectivity index (χ0) is 24.9. The molecule has 2 N–H and O–H groups in total. The highest BCUT2D eigenvalue weighted by molar-refractivity contribution is 5.95. The van der Waals surface area contributed by atoms with Crippen LogP contribution >= 0.6 is 0 Å². The number of non-ortho nitro benzene ring substituents is 1. The number of carbonyl (C=O) groups excluding carboxylic acids is 2. The Balaban J connectivity index is 1.55. The van der Waals surface area contributed by atoms with Crippen LogP contribution in [0.15, 0.2) is 59.8 Å². The Bertz CT molecular complexity index is 1130. The number of hydrogen-bond donors (Lipinski definition) is 2. The summed E-state index contributed by atoms with van der Waals surface area (Å²) in [4.78, 5) is 40.2. The maximum absolute atomic E-state index is 13.2. The number of nitro groups is 1. The second-order valence-electron chi connectivity index (χ2n) is 8.23. The van der Waals surface area contributed by atoms with Crippen LogP contribution in [0.3, 0.4) is 0 Å². The fraction of sp³-hybridized carbons (Fsp3) is 0.333. The molecule has 2 aromatic carbocycles. The fourth-order valence-electron chi connectivity index (χ4n) is 4.27. The van der Waals surface area contributed by atoms with Gasteiger partial charge in [-0.3, -0.25) is 15.0 Å². The van der Waals surface area contributed by atoms with Crippen molar-refractivity contribution in [1.29, 1.82) is 0 Å². The summed E-state index contributed by atoms with van der Waals surface area (Å²) < 4.78 is 18.5. The van der Waals surface area contributed by atoms with Crippen molar-refractivity contribution in [3.8, 4) is 0 Å². The van der Waals surface area contributed by atoms with E-state index >= 15 is 0 Å². The van der Waals surface area contributed by atoms with E-state index in [9.17, 15) is 24.1 Å². The van der Waals surface area contributed by atoms with Crippen molar-refractivity contribution < 1.29 is 23.6 Å². The summed E-state index contributed by atoms with van der Waals surface area (Å²) in [7, 11) is 0. The minimum absolute atomic E-state index is 0.0880. The van der Waals surface area contributed by atoms with E-state index in [0.29, 0.717) is 44.0 Å². The molecule has 0 unspecified atom stereocenters. The van der Waals surface area contributed by atoms with Gasteiger partial charge in [0, 0.05) is 56.2 Å². The summed E-state index contributed by atoms with van der Waals surface area (Å²) in [5, 5.41) is 16.5. The lowest BCUT2D eigenvalue weighted by Crippen LogP contribution is -2.51. The molecule has 184 valence electrons. The van der Waals surface area contributed by atoms with Crippen LogP contribution < -0.4 is 15.5 Å². The second kappa shape index (κ2) is 10.5. The molecule has 1 atom stereocenters. The molecule has 0 spiro atoms. The van der Waals surface area contributed by atoms with Crippen LogP contribution in [-0.2, 0) is 9.53 Å². The molecule has 1 saturated heterocycles. The minimum atomic E-state index is -0.806. The quantitative estimate of drug-likeness (QED) is 0.353. The number of benzene rings is 2. The van der Waals surface area contributed by atoms with Gasteiger partial charge in [0.05, 0.1) is 23.1 Å². The first-order valence-electron chi connectivity index (χ1n) is 11.3. The Kier molecular flexibility index (Phi) is 7.25. The van der Waals surface area contributed by atoms with Crippen molar-refractivity contribution in [1.82, 2.24) is 15.5 Å². The lowest BCUT2D eigenvalue weighted by molar-refractivity contribution is -0.384. The molecule has 0 radical (unpaired) electrons. The highest BCUT2D eigenvalue weighted by Crippen LogP contribution is 2.29. The van der Waals surface area contributed by atoms with E-state index in [0.717, 1.165) is 5.69 Å². The van der Waals surface area contributed by atoms with E-state index in [-0.39, 0.29) is 23.7 Å². The number of urea groups is 1. The number of anilines is 1. The van der Waals surface area contributed by atoms with Crippen LogP contribution in [0.4, 0.5) is 20.6 Å². The third kappa shape index (κ3) is 5.57. The third-order valence-electron chi connectivity index (χ3n) is 6.03. The predicted octanol–water partition coefficient (Wildman–Crippen LogP) is 2.73. The van der Waals surface area contributed by atoms with Crippen LogP contribution in [0.5, 0.6) is 0 Å². The Labute approximate surface area is 201 Å². The van der Waals surface area contributed by atoms with E-state index in [2.05, 4.69) is 20.4 Å². The standard InChI is InChI=1S/C24H26FN5O5/c1-2-35-23(31)21-20(15-28-11-13-29(14-12-28)18-9-5-17(25)6-10-18)26-24(32)27-22(21)16-3-7-19(8-4-16)30(33)34/h3-10,22H,2,11-15H2,1H3,(H2,26,27,32)/t22-/m1/s1. The predicted molar refractivity (Wildman–Crippen MR) is 126 cm³/mol. The molecule has 0 aromatic heterocycles. The molecule has 2 aromatic rings. The number of nitro benzene ring substituents is 1. The van der Waals surface area contributed by atoms with Crippen molar-refractivity contribution in [2.24, 2.45) is 0 Å². The summed E-state index contributed by atoms with van der Waals surface area (Å²) in [5.74, 6) is -0.849. The molecule has 2 heterocycles. The minimum Gasteiger partial charge on any atom is -0.463 e. The summed E-state index contributed by atoms with van der Waals surface area (Å²) in [6, 6.07) is 10.8. The molecule has 4 rings (SSSR count). The number of ether oxygens (including phenoxy) is 1. The number of piperazine rings is 1. The number of amides is 2. The van der Waals surface area contributed by atoms with E-state index in [1.807, 2.05) is 0 Å². The lowest BCUT2D eigenvalue weighted by atomic mass is 9.94. The number of carbonyl (C=O) groups is 2. The Morgan fingerprint density at radius 1 is 1.11 bits per heavy atom. The molecule has 0 aliphatic carbocycles. The van der Waals surface area contributed by atoms with Gasteiger partial charge >= 0.3 is 12.0 Å². The molecule has 11 heteroatoms. The Morgan fingerprint density at radius 2 is 1.77 bits per heavy atom. The fourth-order valence-corrected chi connectivity index (χ4v) is 4.27. The molecular formula is C24H26FN5O5. The van der Waals surface area contributed by atoms with Gasteiger partial charge in [0.2, 0.25) is 0 Å². The Hall–Kier alpha value is -3.99. The molecule has 2 aliphatic rings. The van der Waals surface area contributed by atoms with Gasteiger partial charge in [0.15, 0.2) is 0 Å². The van der Waals surface area contributed by atoms with Crippen molar-refractivity contribution in [3.63, 3.8) is 0 Å². The van der Waals surface area contributed by atoms with Gasteiger partial charge in [-0.15, -0.1) is 0 Å². The highest BCUT2D eigenvalue weighted by Gasteiger charge is 2.35. The van der Waals surface area contributed by atoms with Crippen molar-refractivity contribution in [2.45, 2.75) is 13.0 Å². The number of nitrogens with one attached hydrogen (secondary N) is 2. The van der Waals surface area contributed by atoms with Gasteiger partial charge in [0.25, 0.3) is 5.69 Å². The maximum atomic E-state index is 13.2. The van der Waals surface area contributed by atoms with Gasteiger partial charge in [0.1, 0.15) is 5.82 Å². The zero-order valence-corrected chi connectivity index (χ0v) is 19.2. The van der Waals surface area contributed by atoms with E-state index in [1.54, 1.807) is 19.1 Å². The normalized spacial score (nSPS) is 18.6. The summed E-state index contributed by atoms with van der Waals surface area (Å²) in [6.45, 7) is 4.92. The number of halogens is 1. The molecule has 0 bridgehead atoms. The first-order chi connectivity index (χ1) is 16.9. The topological polar surface area (TPSA) is 117 Å². The van der Waals surface area contributed by atoms with Crippen molar-refractivity contribution >= 4 is 23.4 Å². The van der Waals surface area contributed by atoms with Gasteiger partial charge in [-0.1, -0.05) is 0 Å². The van der Waals surface area contributed by atoms with Gasteiger partial charge in [-0.2, -0.15) is 0 Å². The van der Waals surface area contributed by atoms with Crippen LogP contribution in [0, 0.1) is 15.9 Å². The molecule has 10 nitrogen and oxygen atoms in total. The Morgan fingerprint density at radius 3 is 2.37 bits per heavy atom. The second-order valence-corrected chi connectivity index (χ2v) is 8.23. The van der Waals surface area contributed by atoms with Crippen LogP contribution in [0.25, 0.3) is 0 Å². The molecule has 35 heavy (non-hydrogen) atoms. The number of hydrogen-bond acceptors (Lipinski definition) is 7. The van der Waals surface area contributed by atoms with Crippen LogP contribution in [0.1, 0.15) is 18.5 Å². The smallest absolute Gasteiger partial charge is 0.338 e. The lowest BCUT2D eigenvalue weighted by Gasteiger charge is -2.38. The zero-order valence-electron chi connectivity index (χ0n) is 19.2. The van der Waals surface area contributed by atoms with Crippen LogP contribution in [0.2, 0.25) is 0 Å². The third-order valence-corrected chi connectivity index (χ3v) is 6.03. The largest absolute Gasteiger partial charge is 0.463 e. The van der Waals surface area contributed by atoms with Gasteiger partial charge in [-0.25, -0.2) is 14.0 Å². The van der Waals surface area contributed by atoms with Gasteiger partial charge in [-0.05, 0) is 48.9 Å². The van der Waals surface area contributed by atoms with Crippen molar-refractivity contribution in [2.75, 3.05) is 44.2 Å². The number of esters is 1. The summed E-state index contributed by atoms with van der Waals surface area (Å²) in [5.41, 5.74) is 2.08. The number of nitrogens with zero attached hydrogens (tertiary/aromatic N) is 3. The van der Waals surface area contributed by atoms with Gasteiger partial charge < -0.3 is 20.3 Å². The molecule has 0 saturated carbocycles. The average molecular weight is 484 g/mol. The SMILES string of the molecule is CCOC(=O)C1=C(CN2CCN(c3ccc(F)cc3)CC2)NC(=O)N[C@@H]1c1ccc([N+](=O)[O-])cc1. The highest BCUT2D eigenvalue weighted by atomic mass is 19.1. The first-order valence-corrected chi connectivity index (χ1v) is 11.3. The number of rotatable bonds is 7. The monoisotopic (exact) mass is 483 g/mol. The van der Waals surface area contributed by atoms with Crippen LogP contribution in [-0.4, -0.2) is 61.2 Å². The first kappa shape index (κ1) is 24.1. The average Bonchev–Trinajstić information content (AvgIpc) is 2.85. The summed E-state index contributed by atoms with van der Waals surface area (Å²) >= 11 is 0. The van der Waals surface area contributed by atoms with E-state index in [1.165, 1.54) is 36.4 Å². The summed E-state index contributed by atoms with van der Waals surface area (Å²) in [6.07, 6.45) is 0. The molecular weight excluding hydrogens is 457 g/mol. The van der Waals surface area contributed by atoms with E-state index < -0.39 is 23.0 Å². The molecule has 2 amide bonds. The maximum Gasteiger partial charge on any atom is 0.338 e. The molecule has 2 aliphatic heterocycles. The van der Waals surface area contributed by atoms with Crippen molar-refractivity contribution in [3.05, 3.63) is 81.3 Å². The molecule has 1 fully saturated rings.